The minimum Gasteiger partial charge on any atom is -0.373 e. The fourth-order valence-corrected chi connectivity index (χ4v) is 2.00. The summed E-state index contributed by atoms with van der Waals surface area (Å²) in [5.41, 5.74) is 1.28. The molecule has 0 aromatic carbocycles. The second-order valence-electron chi connectivity index (χ2n) is 4.97. The molecule has 1 rings (SSSR count). The smallest absolute Gasteiger partial charge is 0.0303 e. The van der Waals surface area contributed by atoms with E-state index in [-0.39, 0.29) is 0 Å². The zero-order valence-electron chi connectivity index (χ0n) is 11.6. The Labute approximate surface area is 107 Å². The molecule has 0 radical (unpaired) electrons. The van der Waals surface area contributed by atoms with Crippen molar-refractivity contribution in [1.82, 2.24) is 9.80 Å². The van der Waals surface area contributed by atoms with Crippen LogP contribution in [0.3, 0.4) is 0 Å². The molecule has 1 aliphatic rings. The Bertz CT molecular complexity index is 288. The molecule has 0 N–H and O–H groups in total. The van der Waals surface area contributed by atoms with Crippen LogP contribution in [0.15, 0.2) is 12.3 Å². The predicted molar refractivity (Wildman–Crippen MR) is 74.7 cm³/mol. The first-order chi connectivity index (χ1) is 8.13. The third kappa shape index (κ3) is 5.28. The molecule has 0 atom stereocenters. The van der Waals surface area contributed by atoms with E-state index in [0.29, 0.717) is 5.92 Å². The van der Waals surface area contributed by atoms with Crippen LogP contribution >= 0.6 is 0 Å². The Morgan fingerprint density at radius 3 is 2.41 bits per heavy atom. The first-order valence-electron chi connectivity index (χ1n) is 6.77. The van der Waals surface area contributed by atoms with E-state index >= 15 is 0 Å². The second kappa shape index (κ2) is 7.40. The van der Waals surface area contributed by atoms with Gasteiger partial charge < -0.3 is 4.90 Å². The summed E-state index contributed by atoms with van der Waals surface area (Å²) in [4.78, 5) is 4.92. The van der Waals surface area contributed by atoms with Crippen molar-refractivity contribution in [2.45, 2.75) is 33.6 Å². The van der Waals surface area contributed by atoms with E-state index in [4.69, 9.17) is 0 Å². The molecule has 2 heteroatoms. The molecular formula is C15H26N2. The van der Waals surface area contributed by atoms with E-state index in [2.05, 4.69) is 49.0 Å². The highest BCUT2D eigenvalue weighted by atomic mass is 15.3. The van der Waals surface area contributed by atoms with Gasteiger partial charge in [0.2, 0.25) is 0 Å². The van der Waals surface area contributed by atoms with Gasteiger partial charge in [-0.1, -0.05) is 27.4 Å². The lowest BCUT2D eigenvalue weighted by molar-refractivity contribution is 0.159. The number of hydrogen-bond donors (Lipinski definition) is 0. The highest BCUT2D eigenvalue weighted by molar-refractivity contribution is 5.02. The van der Waals surface area contributed by atoms with Crippen molar-refractivity contribution in [3.63, 3.8) is 0 Å². The first kappa shape index (κ1) is 14.1. The highest BCUT2D eigenvalue weighted by Crippen LogP contribution is 2.10. The van der Waals surface area contributed by atoms with Crippen LogP contribution in [0.1, 0.15) is 33.6 Å². The van der Waals surface area contributed by atoms with Crippen LogP contribution in [0, 0.1) is 17.8 Å². The van der Waals surface area contributed by atoms with Gasteiger partial charge in [-0.15, -0.1) is 11.8 Å². The molecular weight excluding hydrogens is 208 g/mol. The van der Waals surface area contributed by atoms with Gasteiger partial charge in [0, 0.05) is 50.8 Å². The highest BCUT2D eigenvalue weighted by Gasteiger charge is 2.16. The molecule has 2 nitrogen and oxygen atoms in total. The second-order valence-corrected chi connectivity index (χ2v) is 4.97. The van der Waals surface area contributed by atoms with E-state index in [9.17, 15) is 0 Å². The van der Waals surface area contributed by atoms with E-state index in [1.165, 1.54) is 5.70 Å². The summed E-state index contributed by atoms with van der Waals surface area (Å²) in [6, 6.07) is 0. The molecule has 1 aliphatic heterocycles. The van der Waals surface area contributed by atoms with Gasteiger partial charge in [0.25, 0.3) is 0 Å². The normalized spacial score (nSPS) is 16.8. The molecule has 0 amide bonds. The number of rotatable bonds is 4. The van der Waals surface area contributed by atoms with Gasteiger partial charge in [-0.25, -0.2) is 0 Å². The van der Waals surface area contributed by atoms with Crippen molar-refractivity contribution in [1.29, 1.82) is 0 Å². The van der Waals surface area contributed by atoms with E-state index in [1.54, 1.807) is 0 Å². The third-order valence-corrected chi connectivity index (χ3v) is 3.17. The van der Waals surface area contributed by atoms with Crippen molar-refractivity contribution < 1.29 is 0 Å². The van der Waals surface area contributed by atoms with Crippen LogP contribution in [0.5, 0.6) is 0 Å². The van der Waals surface area contributed by atoms with Gasteiger partial charge in [-0.2, -0.15) is 0 Å². The minimum atomic E-state index is 0.500. The van der Waals surface area contributed by atoms with Crippen LogP contribution in [-0.2, 0) is 0 Å². The maximum Gasteiger partial charge on any atom is 0.0303 e. The van der Waals surface area contributed by atoms with Gasteiger partial charge in [0.15, 0.2) is 0 Å². The maximum absolute atomic E-state index is 4.10. The Kier molecular flexibility index (Phi) is 6.15. The van der Waals surface area contributed by atoms with Crippen LogP contribution in [-0.4, -0.2) is 42.5 Å². The third-order valence-electron chi connectivity index (χ3n) is 3.17. The summed E-state index contributed by atoms with van der Waals surface area (Å²) in [6.45, 7) is 16.2. The molecule has 17 heavy (non-hydrogen) atoms. The van der Waals surface area contributed by atoms with Crippen LogP contribution in [0.4, 0.5) is 0 Å². The van der Waals surface area contributed by atoms with Gasteiger partial charge in [-0.3, -0.25) is 4.90 Å². The lowest BCUT2D eigenvalue weighted by atomic mass is 10.2. The lowest BCUT2D eigenvalue weighted by Gasteiger charge is -2.36. The molecule has 0 aromatic rings. The van der Waals surface area contributed by atoms with Gasteiger partial charge >= 0.3 is 0 Å². The van der Waals surface area contributed by atoms with E-state index in [1.807, 2.05) is 0 Å². The number of hydrogen-bond acceptors (Lipinski definition) is 2. The lowest BCUT2D eigenvalue weighted by Crippen LogP contribution is -2.45. The quantitative estimate of drug-likeness (QED) is 0.690. The summed E-state index contributed by atoms with van der Waals surface area (Å²) in [6.07, 6.45) is 2.08. The molecule has 0 aromatic heterocycles. The van der Waals surface area contributed by atoms with Crippen LogP contribution in [0.25, 0.3) is 0 Å². The van der Waals surface area contributed by atoms with Crippen molar-refractivity contribution in [3.8, 4) is 11.8 Å². The van der Waals surface area contributed by atoms with Crippen LogP contribution in [0.2, 0.25) is 0 Å². The molecule has 0 spiro atoms. The molecule has 0 saturated carbocycles. The number of piperazine rings is 1. The molecule has 96 valence electrons. The van der Waals surface area contributed by atoms with Gasteiger partial charge in [-0.05, 0) is 6.42 Å². The van der Waals surface area contributed by atoms with Crippen molar-refractivity contribution in [3.05, 3.63) is 12.3 Å². The average molecular weight is 234 g/mol. The van der Waals surface area contributed by atoms with E-state index in [0.717, 1.165) is 45.6 Å². The molecule has 1 saturated heterocycles. The predicted octanol–water partition coefficient (Wildman–Crippen LogP) is 2.58. The molecule has 0 unspecified atom stereocenters. The largest absolute Gasteiger partial charge is 0.373 e. The summed E-state index contributed by atoms with van der Waals surface area (Å²) in [5, 5.41) is 0. The van der Waals surface area contributed by atoms with E-state index < -0.39 is 0 Å². The Morgan fingerprint density at radius 1 is 1.24 bits per heavy atom. The zero-order chi connectivity index (χ0) is 12.7. The SMILES string of the molecule is C=C(CC)N1CCN(CCC#CC(C)C)CC1. The maximum atomic E-state index is 4.10. The fraction of sp³-hybridized carbons (Fsp3) is 0.733. The number of allylic oxidation sites excluding steroid dienone is 1. The summed E-state index contributed by atoms with van der Waals surface area (Å²) >= 11 is 0. The molecule has 1 fully saturated rings. The van der Waals surface area contributed by atoms with Gasteiger partial charge in [0.1, 0.15) is 0 Å². The van der Waals surface area contributed by atoms with Crippen molar-refractivity contribution in [2.75, 3.05) is 32.7 Å². The summed E-state index contributed by atoms with van der Waals surface area (Å²) in [7, 11) is 0. The fourth-order valence-electron chi connectivity index (χ4n) is 2.00. The molecule has 1 heterocycles. The Balaban J connectivity index is 2.20. The zero-order valence-corrected chi connectivity index (χ0v) is 11.6. The van der Waals surface area contributed by atoms with Crippen molar-refractivity contribution in [2.24, 2.45) is 5.92 Å². The molecule has 0 aliphatic carbocycles. The van der Waals surface area contributed by atoms with Gasteiger partial charge in [0.05, 0.1) is 0 Å². The van der Waals surface area contributed by atoms with Crippen molar-refractivity contribution >= 4 is 0 Å². The number of nitrogens with zero attached hydrogens (tertiary/aromatic N) is 2. The summed E-state index contributed by atoms with van der Waals surface area (Å²) in [5.74, 6) is 6.97. The Morgan fingerprint density at radius 2 is 1.88 bits per heavy atom. The average Bonchev–Trinajstić information content (AvgIpc) is 2.34. The first-order valence-corrected chi connectivity index (χ1v) is 6.77. The van der Waals surface area contributed by atoms with Crippen LogP contribution < -0.4 is 0 Å². The Hall–Kier alpha value is -0.940. The topological polar surface area (TPSA) is 6.48 Å². The molecule has 0 bridgehead atoms. The minimum absolute atomic E-state index is 0.500. The monoisotopic (exact) mass is 234 g/mol. The summed E-state index contributed by atoms with van der Waals surface area (Å²) < 4.78 is 0. The standard InChI is InChI=1S/C15H26N2/c1-5-15(4)17-12-10-16(11-13-17)9-7-6-8-14(2)3/h14H,4-5,7,9-13H2,1-3H3.